The molecule has 1 fully saturated rings. The highest BCUT2D eigenvalue weighted by atomic mass is 16.4. The number of pyridine rings is 1. The number of urea groups is 1. The number of anilines is 1. The molecule has 1 atom stereocenters. The summed E-state index contributed by atoms with van der Waals surface area (Å²) < 4.78 is 0. The fourth-order valence-electron chi connectivity index (χ4n) is 2.24. The van der Waals surface area contributed by atoms with Gasteiger partial charge in [0.05, 0.1) is 11.9 Å². The van der Waals surface area contributed by atoms with Crippen LogP contribution in [0.15, 0.2) is 24.5 Å². The molecule has 1 aromatic heterocycles. The van der Waals surface area contributed by atoms with Crippen LogP contribution >= 0.6 is 0 Å². The highest BCUT2D eigenvalue weighted by molar-refractivity contribution is 5.92. The lowest BCUT2D eigenvalue weighted by Crippen LogP contribution is -2.46. The summed E-state index contributed by atoms with van der Waals surface area (Å²) >= 11 is 0. The van der Waals surface area contributed by atoms with Crippen molar-refractivity contribution in [3.05, 3.63) is 24.5 Å². The zero-order valence-corrected chi connectivity index (χ0v) is 10.6. The van der Waals surface area contributed by atoms with Crippen molar-refractivity contribution in [1.82, 2.24) is 9.88 Å². The van der Waals surface area contributed by atoms with Crippen molar-refractivity contribution >= 4 is 17.7 Å². The maximum absolute atomic E-state index is 12.2. The molecule has 2 heterocycles. The molecular formula is C13H17N3O3. The van der Waals surface area contributed by atoms with E-state index in [1.807, 2.05) is 0 Å². The minimum Gasteiger partial charge on any atom is -0.480 e. The minimum absolute atomic E-state index is 0.373. The van der Waals surface area contributed by atoms with E-state index in [9.17, 15) is 14.7 Å². The van der Waals surface area contributed by atoms with Crippen LogP contribution in [0.3, 0.4) is 0 Å². The molecule has 2 rings (SSSR count). The second-order valence-electron chi connectivity index (χ2n) is 4.57. The summed E-state index contributed by atoms with van der Waals surface area (Å²) in [6.45, 7) is 0.475. The summed E-state index contributed by atoms with van der Waals surface area (Å²) in [5, 5.41) is 11.9. The van der Waals surface area contributed by atoms with Gasteiger partial charge < -0.3 is 15.3 Å². The topological polar surface area (TPSA) is 82.5 Å². The number of carbonyl (C=O) groups is 2. The predicted molar refractivity (Wildman–Crippen MR) is 69.9 cm³/mol. The molecule has 0 radical (unpaired) electrons. The Bertz CT molecular complexity index is 450. The number of nitrogens with zero attached hydrogens (tertiary/aromatic N) is 2. The fourth-order valence-corrected chi connectivity index (χ4v) is 2.24. The van der Waals surface area contributed by atoms with Crippen LogP contribution in [0.25, 0.3) is 0 Å². The van der Waals surface area contributed by atoms with Crippen LogP contribution in [0.4, 0.5) is 10.5 Å². The minimum atomic E-state index is -0.941. The summed E-state index contributed by atoms with van der Waals surface area (Å²) in [5.41, 5.74) is 0.570. The van der Waals surface area contributed by atoms with E-state index >= 15 is 0 Å². The van der Waals surface area contributed by atoms with Crippen LogP contribution in [0.2, 0.25) is 0 Å². The van der Waals surface area contributed by atoms with E-state index in [0.717, 1.165) is 19.3 Å². The zero-order valence-electron chi connectivity index (χ0n) is 10.6. The number of carboxylic acids is 1. The largest absolute Gasteiger partial charge is 0.480 e. The van der Waals surface area contributed by atoms with Crippen LogP contribution in [0.5, 0.6) is 0 Å². The zero-order chi connectivity index (χ0) is 13.7. The van der Waals surface area contributed by atoms with E-state index in [1.54, 1.807) is 18.3 Å². The molecule has 6 nitrogen and oxygen atoms in total. The van der Waals surface area contributed by atoms with Gasteiger partial charge in [0.15, 0.2) is 0 Å². The second kappa shape index (κ2) is 6.17. The van der Waals surface area contributed by atoms with E-state index in [0.29, 0.717) is 18.7 Å². The van der Waals surface area contributed by atoms with Gasteiger partial charge in [0.1, 0.15) is 6.04 Å². The number of nitrogens with one attached hydrogen (secondary N) is 1. The first-order chi connectivity index (χ1) is 9.18. The molecule has 1 unspecified atom stereocenters. The summed E-state index contributed by atoms with van der Waals surface area (Å²) in [6.07, 6.45) is 6.29. The third kappa shape index (κ3) is 3.43. The maximum Gasteiger partial charge on any atom is 0.326 e. The first kappa shape index (κ1) is 13.3. The van der Waals surface area contributed by atoms with Crippen molar-refractivity contribution in [2.75, 3.05) is 11.9 Å². The van der Waals surface area contributed by atoms with Gasteiger partial charge in [0.25, 0.3) is 0 Å². The summed E-state index contributed by atoms with van der Waals surface area (Å²) in [6, 6.07) is 2.33. The molecule has 0 spiro atoms. The van der Waals surface area contributed by atoms with Crippen LogP contribution < -0.4 is 5.32 Å². The van der Waals surface area contributed by atoms with Crippen molar-refractivity contribution in [3.63, 3.8) is 0 Å². The van der Waals surface area contributed by atoms with Crippen LogP contribution in [-0.2, 0) is 4.79 Å². The first-order valence-electron chi connectivity index (χ1n) is 6.39. The van der Waals surface area contributed by atoms with Crippen LogP contribution in [0, 0.1) is 0 Å². The van der Waals surface area contributed by atoms with Gasteiger partial charge in [-0.15, -0.1) is 0 Å². The number of amides is 2. The smallest absolute Gasteiger partial charge is 0.326 e. The van der Waals surface area contributed by atoms with Crippen molar-refractivity contribution < 1.29 is 14.7 Å². The van der Waals surface area contributed by atoms with E-state index in [2.05, 4.69) is 10.3 Å². The standard InChI is InChI=1S/C13H17N3O3/c17-12(18)11-6-2-1-3-8-16(11)13(19)15-10-5-4-7-14-9-10/h4-5,7,9,11H,1-3,6,8H2,(H,15,19)(H,17,18). The maximum atomic E-state index is 12.2. The lowest BCUT2D eigenvalue weighted by molar-refractivity contribution is -0.142. The second-order valence-corrected chi connectivity index (χ2v) is 4.57. The molecule has 102 valence electrons. The highest BCUT2D eigenvalue weighted by Crippen LogP contribution is 2.18. The van der Waals surface area contributed by atoms with Gasteiger partial charge in [-0.25, -0.2) is 9.59 Å². The van der Waals surface area contributed by atoms with Gasteiger partial charge in [-0.05, 0) is 25.0 Å². The number of hydrogen-bond acceptors (Lipinski definition) is 3. The number of likely N-dealkylation sites (tertiary alicyclic amines) is 1. The summed E-state index contributed by atoms with van der Waals surface area (Å²) in [5.74, 6) is -0.941. The van der Waals surface area contributed by atoms with E-state index in [1.165, 1.54) is 11.1 Å². The lowest BCUT2D eigenvalue weighted by Gasteiger charge is -2.26. The van der Waals surface area contributed by atoms with E-state index in [4.69, 9.17) is 0 Å². The third-order valence-electron chi connectivity index (χ3n) is 3.21. The number of aromatic nitrogens is 1. The molecule has 0 aliphatic carbocycles. The molecule has 1 aliphatic heterocycles. The first-order valence-corrected chi connectivity index (χ1v) is 6.39. The number of carboxylic acid groups (broad SMARTS) is 1. The van der Waals surface area contributed by atoms with Gasteiger partial charge >= 0.3 is 12.0 Å². The number of aliphatic carboxylic acids is 1. The number of rotatable bonds is 2. The Morgan fingerprint density at radius 3 is 2.89 bits per heavy atom. The third-order valence-corrected chi connectivity index (χ3v) is 3.21. The molecule has 0 bridgehead atoms. The molecule has 1 saturated heterocycles. The number of hydrogen-bond donors (Lipinski definition) is 2. The summed E-state index contributed by atoms with van der Waals surface area (Å²) in [4.78, 5) is 28.7. The van der Waals surface area contributed by atoms with Gasteiger partial charge in [-0.1, -0.05) is 12.8 Å². The molecular weight excluding hydrogens is 246 g/mol. The Labute approximate surface area is 111 Å². The Balaban J connectivity index is 2.08. The molecule has 2 N–H and O–H groups in total. The monoisotopic (exact) mass is 263 g/mol. The molecule has 1 aliphatic rings. The van der Waals surface area contributed by atoms with Crippen LogP contribution in [-0.4, -0.2) is 39.6 Å². The van der Waals surface area contributed by atoms with Crippen molar-refractivity contribution in [2.24, 2.45) is 0 Å². The van der Waals surface area contributed by atoms with E-state index < -0.39 is 12.0 Å². The van der Waals surface area contributed by atoms with Crippen LogP contribution in [0.1, 0.15) is 25.7 Å². The molecule has 1 aromatic rings. The van der Waals surface area contributed by atoms with Gasteiger partial charge in [-0.3, -0.25) is 4.98 Å². The fraction of sp³-hybridized carbons (Fsp3) is 0.462. The highest BCUT2D eigenvalue weighted by Gasteiger charge is 2.30. The molecule has 19 heavy (non-hydrogen) atoms. The van der Waals surface area contributed by atoms with Gasteiger partial charge in [0.2, 0.25) is 0 Å². The lowest BCUT2D eigenvalue weighted by atomic mass is 10.1. The normalized spacial score (nSPS) is 19.6. The Kier molecular flexibility index (Phi) is 4.33. The van der Waals surface area contributed by atoms with Crippen molar-refractivity contribution in [1.29, 1.82) is 0 Å². The van der Waals surface area contributed by atoms with Gasteiger partial charge in [-0.2, -0.15) is 0 Å². The average Bonchev–Trinajstić information content (AvgIpc) is 2.65. The SMILES string of the molecule is O=C(O)C1CCCCCN1C(=O)Nc1cccnc1. The Hall–Kier alpha value is -2.11. The summed E-state index contributed by atoms with van der Waals surface area (Å²) in [7, 11) is 0. The van der Waals surface area contributed by atoms with Crippen molar-refractivity contribution in [2.45, 2.75) is 31.7 Å². The Morgan fingerprint density at radius 2 is 2.21 bits per heavy atom. The number of carbonyl (C=O) groups excluding carboxylic acids is 1. The molecule has 6 heteroatoms. The van der Waals surface area contributed by atoms with Gasteiger partial charge in [0, 0.05) is 12.7 Å². The van der Waals surface area contributed by atoms with E-state index in [-0.39, 0.29) is 6.03 Å². The van der Waals surface area contributed by atoms with Crippen molar-refractivity contribution in [3.8, 4) is 0 Å². The predicted octanol–water partition coefficient (Wildman–Crippen LogP) is 1.94. The molecule has 0 aromatic carbocycles. The Morgan fingerprint density at radius 1 is 1.37 bits per heavy atom. The molecule has 2 amide bonds. The molecule has 0 saturated carbocycles. The average molecular weight is 263 g/mol. The quantitative estimate of drug-likeness (QED) is 0.854.